The van der Waals surface area contributed by atoms with Crippen molar-refractivity contribution in [2.45, 2.75) is 32.9 Å². The molecule has 0 spiro atoms. The molecule has 1 aliphatic heterocycles. The van der Waals surface area contributed by atoms with E-state index < -0.39 is 17.0 Å². The van der Waals surface area contributed by atoms with Crippen LogP contribution in [0.5, 0.6) is 5.75 Å². The van der Waals surface area contributed by atoms with E-state index >= 15 is 0 Å². The van der Waals surface area contributed by atoms with Gasteiger partial charge in [-0.05, 0) is 47.0 Å². The van der Waals surface area contributed by atoms with Gasteiger partial charge in [0.1, 0.15) is 0 Å². The number of nitro groups is 1. The number of anilines is 1. The summed E-state index contributed by atoms with van der Waals surface area (Å²) in [4.78, 5) is 40.4. The number of pyridine rings is 1. The quantitative estimate of drug-likeness (QED) is 0.427. The molecule has 146 valence electrons. The van der Waals surface area contributed by atoms with Crippen LogP contribution in [0.2, 0.25) is 0 Å². The van der Waals surface area contributed by atoms with E-state index in [1.54, 1.807) is 31.2 Å². The summed E-state index contributed by atoms with van der Waals surface area (Å²) >= 11 is 0. The van der Waals surface area contributed by atoms with Gasteiger partial charge in [0, 0.05) is 6.07 Å². The molecule has 0 fully saturated rings. The van der Waals surface area contributed by atoms with Crippen LogP contribution in [-0.2, 0) is 16.1 Å². The minimum Gasteiger partial charge on any atom is -0.474 e. The molecule has 1 atom stereocenters. The van der Waals surface area contributed by atoms with Crippen molar-refractivity contribution in [1.29, 1.82) is 0 Å². The van der Waals surface area contributed by atoms with Crippen LogP contribution in [0.4, 0.5) is 11.6 Å². The summed E-state index contributed by atoms with van der Waals surface area (Å²) in [5.74, 6) is -0.686. The van der Waals surface area contributed by atoms with Crippen LogP contribution >= 0.6 is 0 Å². The second kappa shape index (κ2) is 8.03. The first-order valence-electron chi connectivity index (χ1n) is 8.84. The number of carbonyl (C=O) groups is 2. The van der Waals surface area contributed by atoms with Gasteiger partial charge in [-0.25, -0.2) is 4.79 Å². The molecule has 0 radical (unpaired) electrons. The number of aromatic nitrogens is 1. The van der Waals surface area contributed by atoms with Crippen molar-refractivity contribution in [1.82, 2.24) is 4.98 Å². The number of hydrogen-bond acceptors (Lipinski definition) is 7. The fourth-order valence-corrected chi connectivity index (χ4v) is 2.85. The number of nitrogens with zero attached hydrogens (tertiary/aromatic N) is 3. The lowest BCUT2D eigenvalue weighted by molar-refractivity contribution is -0.389. The zero-order valence-electron chi connectivity index (χ0n) is 15.5. The molecular weight excluding hydrogens is 366 g/mol. The summed E-state index contributed by atoms with van der Waals surface area (Å²) in [5, 5.41) is 11.1. The van der Waals surface area contributed by atoms with Gasteiger partial charge in [-0.2, -0.15) is 0 Å². The second-order valence-corrected chi connectivity index (χ2v) is 6.10. The molecule has 9 nitrogen and oxygen atoms in total. The SMILES string of the molecule is CCOC(=O)c1ccc(CN2C(=O)C(CC)Oc3ccc([N+](=O)[O-])nc32)cc1. The molecule has 1 unspecified atom stereocenters. The third kappa shape index (κ3) is 3.78. The Morgan fingerprint density at radius 3 is 2.57 bits per heavy atom. The predicted octanol–water partition coefficient (Wildman–Crippen LogP) is 2.87. The highest BCUT2D eigenvalue weighted by molar-refractivity contribution is 5.99. The lowest BCUT2D eigenvalue weighted by atomic mass is 10.1. The smallest absolute Gasteiger partial charge is 0.366 e. The monoisotopic (exact) mass is 385 g/mol. The number of ether oxygens (including phenoxy) is 2. The van der Waals surface area contributed by atoms with Crippen LogP contribution in [0.1, 0.15) is 36.2 Å². The first-order chi connectivity index (χ1) is 13.4. The van der Waals surface area contributed by atoms with Crippen LogP contribution in [0.3, 0.4) is 0 Å². The van der Waals surface area contributed by atoms with Crippen LogP contribution in [0.25, 0.3) is 0 Å². The van der Waals surface area contributed by atoms with Crippen molar-refractivity contribution in [3.05, 3.63) is 57.6 Å². The van der Waals surface area contributed by atoms with Crippen molar-refractivity contribution >= 4 is 23.5 Å². The molecule has 0 bridgehead atoms. The molecule has 0 N–H and O–H groups in total. The van der Waals surface area contributed by atoms with Gasteiger partial charge in [0.25, 0.3) is 11.7 Å². The molecule has 2 aromatic rings. The molecule has 0 saturated heterocycles. The van der Waals surface area contributed by atoms with Gasteiger partial charge in [0.05, 0.1) is 18.7 Å². The Hall–Kier alpha value is -3.49. The lowest BCUT2D eigenvalue weighted by Gasteiger charge is -2.30. The Morgan fingerprint density at radius 1 is 1.25 bits per heavy atom. The van der Waals surface area contributed by atoms with Crippen LogP contribution < -0.4 is 9.64 Å². The molecule has 0 aliphatic carbocycles. The first kappa shape index (κ1) is 19.3. The van der Waals surface area contributed by atoms with Crippen molar-refractivity contribution in [2.24, 2.45) is 0 Å². The molecule has 3 rings (SSSR count). The van der Waals surface area contributed by atoms with E-state index in [0.717, 1.165) is 5.56 Å². The normalized spacial score (nSPS) is 15.6. The maximum Gasteiger partial charge on any atom is 0.366 e. The van der Waals surface area contributed by atoms with Gasteiger partial charge in [-0.15, -0.1) is 0 Å². The fourth-order valence-electron chi connectivity index (χ4n) is 2.85. The molecular formula is C19H19N3O6. The summed E-state index contributed by atoms with van der Waals surface area (Å²) in [7, 11) is 0. The molecule has 0 saturated carbocycles. The molecule has 1 aromatic heterocycles. The predicted molar refractivity (Wildman–Crippen MR) is 99.2 cm³/mol. The fraction of sp³-hybridized carbons (Fsp3) is 0.316. The highest BCUT2D eigenvalue weighted by atomic mass is 16.6. The molecule has 2 heterocycles. The molecule has 1 aliphatic rings. The summed E-state index contributed by atoms with van der Waals surface area (Å²) in [5.41, 5.74) is 1.14. The van der Waals surface area contributed by atoms with Crippen LogP contribution in [0, 0.1) is 10.1 Å². The van der Waals surface area contributed by atoms with Crippen LogP contribution in [-0.4, -0.2) is 34.5 Å². The summed E-state index contributed by atoms with van der Waals surface area (Å²) in [6.45, 7) is 3.97. The van der Waals surface area contributed by atoms with Gasteiger partial charge in [-0.1, -0.05) is 19.1 Å². The number of carbonyl (C=O) groups excluding carboxylic acids is 2. The van der Waals surface area contributed by atoms with E-state index in [0.29, 0.717) is 17.7 Å². The number of benzene rings is 1. The Bertz CT molecular complexity index is 912. The third-order valence-corrected chi connectivity index (χ3v) is 4.25. The zero-order chi connectivity index (χ0) is 20.3. The van der Waals surface area contributed by atoms with Gasteiger partial charge in [0.15, 0.2) is 11.9 Å². The lowest BCUT2D eigenvalue weighted by Crippen LogP contribution is -2.45. The average molecular weight is 385 g/mol. The average Bonchev–Trinajstić information content (AvgIpc) is 2.70. The van der Waals surface area contributed by atoms with Gasteiger partial charge in [-0.3, -0.25) is 9.69 Å². The number of rotatable bonds is 6. The van der Waals surface area contributed by atoms with Gasteiger partial charge >= 0.3 is 11.8 Å². The number of hydrogen-bond donors (Lipinski definition) is 0. The van der Waals surface area contributed by atoms with E-state index in [1.807, 2.05) is 6.92 Å². The Kier molecular flexibility index (Phi) is 5.53. The Labute approximate surface area is 161 Å². The van der Waals surface area contributed by atoms with Crippen molar-refractivity contribution in [3.63, 3.8) is 0 Å². The standard InChI is InChI=1S/C19H19N3O6/c1-3-14-18(23)21(17-15(28-14)9-10-16(20-17)22(25)26)11-12-5-7-13(8-6-12)19(24)27-4-2/h5-10,14H,3-4,11H2,1-2H3. The van der Waals surface area contributed by atoms with Crippen LogP contribution in [0.15, 0.2) is 36.4 Å². The maximum atomic E-state index is 12.8. The van der Waals surface area contributed by atoms with E-state index in [-0.39, 0.29) is 30.7 Å². The summed E-state index contributed by atoms with van der Waals surface area (Å²) < 4.78 is 10.6. The number of fused-ring (bicyclic) bond motifs is 1. The highest BCUT2D eigenvalue weighted by Crippen LogP contribution is 2.35. The number of esters is 1. The molecule has 1 amide bonds. The van der Waals surface area contributed by atoms with Gasteiger partial charge in [0.2, 0.25) is 0 Å². The summed E-state index contributed by atoms with van der Waals surface area (Å²) in [6.07, 6.45) is -0.234. The highest BCUT2D eigenvalue weighted by Gasteiger charge is 2.38. The minimum atomic E-state index is -0.686. The van der Waals surface area contributed by atoms with Crippen molar-refractivity contribution in [3.8, 4) is 5.75 Å². The third-order valence-electron chi connectivity index (χ3n) is 4.25. The second-order valence-electron chi connectivity index (χ2n) is 6.10. The van der Waals surface area contributed by atoms with E-state index in [4.69, 9.17) is 9.47 Å². The minimum absolute atomic E-state index is 0.110. The molecule has 9 heteroatoms. The molecule has 1 aromatic carbocycles. The Morgan fingerprint density at radius 2 is 1.96 bits per heavy atom. The first-order valence-corrected chi connectivity index (χ1v) is 8.84. The molecule has 28 heavy (non-hydrogen) atoms. The van der Waals surface area contributed by atoms with Crippen molar-refractivity contribution in [2.75, 3.05) is 11.5 Å². The maximum absolute atomic E-state index is 12.8. The van der Waals surface area contributed by atoms with E-state index in [9.17, 15) is 19.7 Å². The zero-order valence-corrected chi connectivity index (χ0v) is 15.5. The van der Waals surface area contributed by atoms with E-state index in [2.05, 4.69) is 4.98 Å². The summed E-state index contributed by atoms with van der Waals surface area (Å²) in [6, 6.07) is 9.31. The Balaban J connectivity index is 1.91. The number of amides is 1. The van der Waals surface area contributed by atoms with Crippen molar-refractivity contribution < 1.29 is 24.0 Å². The largest absolute Gasteiger partial charge is 0.474 e. The van der Waals surface area contributed by atoms with Gasteiger partial charge < -0.3 is 19.6 Å². The van der Waals surface area contributed by atoms with E-state index in [1.165, 1.54) is 17.0 Å². The topological polar surface area (TPSA) is 112 Å².